The van der Waals surface area contributed by atoms with Crippen molar-refractivity contribution in [1.82, 2.24) is 0 Å². The molecule has 0 aliphatic carbocycles. The molecule has 0 bridgehead atoms. The van der Waals surface area contributed by atoms with E-state index in [-0.39, 0.29) is 25.7 Å². The van der Waals surface area contributed by atoms with Crippen molar-refractivity contribution in [2.75, 3.05) is 0 Å². The average Bonchev–Trinajstić information content (AvgIpc) is 3.02. The van der Waals surface area contributed by atoms with E-state index in [2.05, 4.69) is 0 Å². The van der Waals surface area contributed by atoms with Crippen molar-refractivity contribution in [2.45, 2.75) is 141 Å². The summed E-state index contributed by atoms with van der Waals surface area (Å²) < 4.78 is 0. The Hall–Kier alpha value is -5.30. The van der Waals surface area contributed by atoms with Gasteiger partial charge in [-0.25, -0.2) is 0 Å². The Bertz CT molecular complexity index is 1710. The van der Waals surface area contributed by atoms with E-state index < -0.39 is 145 Å². The van der Waals surface area contributed by atoms with Gasteiger partial charge < -0.3 is 57.3 Å². The number of amides is 10. The van der Waals surface area contributed by atoms with Crippen molar-refractivity contribution in [3.8, 4) is 0 Å². The Balaban J connectivity index is 7.48. The van der Waals surface area contributed by atoms with Crippen molar-refractivity contribution in [3.63, 3.8) is 0 Å². The quantitative estimate of drug-likeness (QED) is 0.0478. The number of hydrogen-bond donors (Lipinski definition) is 10. The van der Waals surface area contributed by atoms with E-state index in [4.69, 9.17) is 57.3 Å². The summed E-state index contributed by atoms with van der Waals surface area (Å²) in [6, 6.07) is 0. The van der Waals surface area contributed by atoms with Gasteiger partial charge in [-0.15, -0.1) is 0 Å². The lowest BCUT2D eigenvalue weighted by Crippen LogP contribution is -2.54. The molecule has 0 aliphatic rings. The fraction of sp³-hybridized carbons (Fsp3) is 0.756. The predicted octanol–water partition coefficient (Wildman–Crippen LogP) is -0.547. The van der Waals surface area contributed by atoms with Gasteiger partial charge in [-0.05, 0) is 57.8 Å². The number of carbonyl (C=O) groups is 10. The van der Waals surface area contributed by atoms with E-state index in [0.29, 0.717) is 0 Å². The molecular formula is C41H74N10O10. The number of primary amides is 10. The van der Waals surface area contributed by atoms with E-state index in [1.807, 2.05) is 0 Å². The molecule has 0 aliphatic heterocycles. The summed E-state index contributed by atoms with van der Waals surface area (Å²) in [6.07, 6.45) is -3.78. The first-order valence-corrected chi connectivity index (χ1v) is 19.8. The zero-order valence-electron chi connectivity index (χ0n) is 38.2. The summed E-state index contributed by atoms with van der Waals surface area (Å²) in [5.74, 6) is -9.40. The number of carbonyl (C=O) groups excluding carboxylic acids is 10. The van der Waals surface area contributed by atoms with Gasteiger partial charge in [-0.2, -0.15) is 0 Å². The van der Waals surface area contributed by atoms with E-state index in [1.165, 1.54) is 83.1 Å². The predicted molar refractivity (Wildman–Crippen MR) is 226 cm³/mol. The number of hydrogen-bond acceptors (Lipinski definition) is 10. The van der Waals surface area contributed by atoms with Gasteiger partial charge in [0.25, 0.3) is 0 Å². The fourth-order valence-corrected chi connectivity index (χ4v) is 10.0. The van der Waals surface area contributed by atoms with Crippen LogP contribution in [0.3, 0.4) is 0 Å². The van der Waals surface area contributed by atoms with Gasteiger partial charge in [-0.1, -0.05) is 83.1 Å². The van der Waals surface area contributed by atoms with Crippen LogP contribution in [0.15, 0.2) is 0 Å². The first-order valence-electron chi connectivity index (χ1n) is 19.8. The molecule has 0 fully saturated rings. The zero-order valence-corrected chi connectivity index (χ0v) is 38.2. The van der Waals surface area contributed by atoms with Crippen LogP contribution in [0, 0.1) is 54.1 Å². The topological polar surface area (TPSA) is 431 Å². The molecule has 0 heterocycles. The fourth-order valence-electron chi connectivity index (χ4n) is 10.0. The van der Waals surface area contributed by atoms with Crippen molar-refractivity contribution >= 4 is 59.1 Å². The second kappa shape index (κ2) is 18.0. The molecule has 8 atom stereocenters. The third-order valence-electron chi connectivity index (χ3n) is 13.2. The average molecular weight is 867 g/mol. The normalized spacial score (nSPS) is 20.1. The van der Waals surface area contributed by atoms with Crippen molar-refractivity contribution < 1.29 is 47.9 Å². The second-order valence-electron chi connectivity index (χ2n) is 21.5. The third-order valence-corrected chi connectivity index (χ3v) is 13.2. The van der Waals surface area contributed by atoms with Crippen LogP contribution < -0.4 is 57.3 Å². The first-order chi connectivity index (χ1) is 26.8. The summed E-state index contributed by atoms with van der Waals surface area (Å²) in [7, 11) is 0. The Labute approximate surface area is 358 Å². The molecule has 10 amide bonds. The van der Waals surface area contributed by atoms with Gasteiger partial charge in [0.15, 0.2) is 0 Å². The van der Waals surface area contributed by atoms with Crippen LogP contribution in [0.2, 0.25) is 0 Å². The first kappa shape index (κ1) is 55.7. The van der Waals surface area contributed by atoms with Crippen LogP contribution >= 0.6 is 0 Å². The Morgan fingerprint density at radius 3 is 0.393 bits per heavy atom. The van der Waals surface area contributed by atoms with Crippen LogP contribution in [0.1, 0.15) is 141 Å². The van der Waals surface area contributed by atoms with E-state index in [9.17, 15) is 47.9 Å². The van der Waals surface area contributed by atoms with Gasteiger partial charge in [0.2, 0.25) is 59.1 Å². The summed E-state index contributed by atoms with van der Waals surface area (Å²) in [6.45, 7) is 16.9. The van der Waals surface area contributed by atoms with Crippen molar-refractivity contribution in [2.24, 2.45) is 111 Å². The lowest BCUT2D eigenvalue weighted by Gasteiger charge is -2.47. The molecule has 20 N–H and O–H groups in total. The van der Waals surface area contributed by atoms with E-state index in [0.717, 1.165) is 0 Å². The molecular weight excluding hydrogens is 793 g/mol. The number of nitrogens with two attached hydrogens (primary N) is 10. The molecule has 0 rings (SSSR count). The van der Waals surface area contributed by atoms with Gasteiger partial charge >= 0.3 is 0 Å². The molecule has 0 radical (unpaired) electrons. The Morgan fingerprint density at radius 1 is 0.213 bits per heavy atom. The van der Waals surface area contributed by atoms with Crippen LogP contribution in [-0.2, 0) is 47.9 Å². The SMILES string of the molecule is CC(C)(CC(C)(CC(C)(CC(C)(CC(C)(CC(C)(CC(C)(CC(C)(CC(C)(CC(C)(C)C(N)=O)C(N)=O)C(N)=O)C(N)=O)C(N)=O)C(N)=O)C(N)=O)C(N)=O)C(N)=O)C(N)=O. The molecule has 0 aromatic heterocycles. The maximum atomic E-state index is 13.6. The highest BCUT2D eigenvalue weighted by atomic mass is 16.2. The van der Waals surface area contributed by atoms with Gasteiger partial charge in [0.05, 0.1) is 0 Å². The highest BCUT2D eigenvalue weighted by molar-refractivity contribution is 5.91. The van der Waals surface area contributed by atoms with E-state index in [1.54, 1.807) is 0 Å². The smallest absolute Gasteiger partial charge is 0.223 e. The molecule has 0 saturated carbocycles. The van der Waals surface area contributed by atoms with Crippen molar-refractivity contribution in [1.29, 1.82) is 0 Å². The molecule has 61 heavy (non-hydrogen) atoms. The summed E-state index contributed by atoms with van der Waals surface area (Å²) >= 11 is 0. The number of rotatable bonds is 28. The highest BCUT2D eigenvalue weighted by Gasteiger charge is 2.57. The van der Waals surface area contributed by atoms with Crippen LogP contribution in [0.4, 0.5) is 0 Å². The van der Waals surface area contributed by atoms with Gasteiger partial charge in [0, 0.05) is 54.1 Å². The molecule has 20 nitrogen and oxygen atoms in total. The largest absolute Gasteiger partial charge is 0.369 e. The zero-order chi connectivity index (χ0) is 49.1. The molecule has 0 aromatic carbocycles. The second-order valence-corrected chi connectivity index (χ2v) is 21.5. The molecule has 0 saturated heterocycles. The van der Waals surface area contributed by atoms with E-state index >= 15 is 0 Å². The molecule has 0 aromatic rings. The monoisotopic (exact) mass is 867 g/mol. The highest BCUT2D eigenvalue weighted by Crippen LogP contribution is 2.54. The van der Waals surface area contributed by atoms with Gasteiger partial charge in [-0.3, -0.25) is 47.9 Å². The molecule has 0 spiro atoms. The summed E-state index contributed by atoms with van der Waals surface area (Å²) in [4.78, 5) is 131. The Morgan fingerprint density at radius 2 is 0.311 bits per heavy atom. The lowest BCUT2D eigenvalue weighted by molar-refractivity contribution is -0.144. The molecule has 20 heteroatoms. The summed E-state index contributed by atoms with van der Waals surface area (Å²) in [5.41, 5.74) is 41.9. The maximum absolute atomic E-state index is 13.6. The summed E-state index contributed by atoms with van der Waals surface area (Å²) in [5, 5.41) is 0. The lowest BCUT2D eigenvalue weighted by atomic mass is 9.55. The molecule has 348 valence electrons. The minimum absolute atomic E-state index is 0.211. The van der Waals surface area contributed by atoms with Crippen LogP contribution in [-0.4, -0.2) is 59.1 Å². The minimum Gasteiger partial charge on any atom is -0.369 e. The Kier molecular flexibility index (Phi) is 16.4. The minimum atomic E-state index is -1.89. The third kappa shape index (κ3) is 12.9. The maximum Gasteiger partial charge on any atom is 0.223 e. The van der Waals surface area contributed by atoms with Gasteiger partial charge in [0.1, 0.15) is 0 Å². The van der Waals surface area contributed by atoms with Crippen molar-refractivity contribution in [3.05, 3.63) is 0 Å². The van der Waals surface area contributed by atoms with Crippen LogP contribution in [0.5, 0.6) is 0 Å². The molecule has 8 unspecified atom stereocenters. The standard InChI is InChI=1S/C41H74N10O10/c1-32(2,22(42)52)13-34(5,24(44)54)15-36(7,26(46)56)17-38(9,28(48)58)19-40(11,30(50)60)21-41(12,31(51)61)20-39(10,29(49)59)18-37(8,27(47)57)16-35(6,25(45)55)14-33(3,4)23(43)53/h13-21H2,1-12H3,(H2,42,52)(H2,43,53)(H2,44,54)(H2,45,55)(H2,46,56)(H2,47,57)(H2,48,58)(H2,49,59)(H2,50,60)(H2,51,61). The van der Waals surface area contributed by atoms with Crippen LogP contribution in [0.25, 0.3) is 0 Å².